The number of likely N-dealkylation sites (N-methyl/N-ethyl adjacent to an activating group) is 1. The predicted molar refractivity (Wildman–Crippen MR) is 110 cm³/mol. The Balaban J connectivity index is 5.71. The van der Waals surface area contributed by atoms with E-state index in [-0.39, 0.29) is 17.9 Å². The molecule has 7 nitrogen and oxygen atoms in total. The van der Waals surface area contributed by atoms with Crippen molar-refractivity contribution in [2.24, 2.45) is 11.3 Å². The summed E-state index contributed by atoms with van der Waals surface area (Å²) in [7, 11) is 2.99. The zero-order chi connectivity index (χ0) is 22.4. The molecule has 2 amide bonds. The van der Waals surface area contributed by atoms with Crippen molar-refractivity contribution in [1.82, 2.24) is 10.2 Å². The minimum Gasteiger partial charge on any atom is -0.466 e. The summed E-state index contributed by atoms with van der Waals surface area (Å²) in [4.78, 5) is 38.9. The van der Waals surface area contributed by atoms with Gasteiger partial charge in [0, 0.05) is 12.6 Å². The van der Waals surface area contributed by atoms with E-state index in [0.29, 0.717) is 5.57 Å². The van der Waals surface area contributed by atoms with Crippen LogP contribution in [0.15, 0.2) is 11.6 Å². The molecule has 0 heterocycles. The number of amides is 2. The van der Waals surface area contributed by atoms with E-state index in [2.05, 4.69) is 5.32 Å². The van der Waals surface area contributed by atoms with Gasteiger partial charge in [0.1, 0.15) is 11.6 Å². The van der Waals surface area contributed by atoms with E-state index in [4.69, 9.17) is 9.47 Å². The van der Waals surface area contributed by atoms with Crippen LogP contribution in [0.4, 0.5) is 4.79 Å². The zero-order valence-corrected chi connectivity index (χ0v) is 19.3. The maximum atomic E-state index is 13.3. The average Bonchev–Trinajstić information content (AvgIpc) is 2.52. The van der Waals surface area contributed by atoms with Crippen LogP contribution in [0.5, 0.6) is 0 Å². The van der Waals surface area contributed by atoms with Crippen molar-refractivity contribution in [3.05, 3.63) is 11.6 Å². The molecule has 0 spiro atoms. The molecule has 0 bridgehead atoms. The molecule has 28 heavy (non-hydrogen) atoms. The van der Waals surface area contributed by atoms with Crippen LogP contribution in [-0.2, 0) is 19.1 Å². The van der Waals surface area contributed by atoms with E-state index >= 15 is 0 Å². The highest BCUT2D eigenvalue weighted by atomic mass is 16.6. The minimum atomic E-state index is -0.791. The van der Waals surface area contributed by atoms with E-state index in [1.165, 1.54) is 7.11 Å². The third-order valence-corrected chi connectivity index (χ3v) is 4.18. The van der Waals surface area contributed by atoms with Crippen molar-refractivity contribution < 1.29 is 23.9 Å². The zero-order valence-electron chi connectivity index (χ0n) is 19.3. The lowest BCUT2D eigenvalue weighted by Crippen LogP contribution is -2.56. The number of nitrogens with zero attached hydrogens (tertiary/aromatic N) is 1. The Labute approximate surface area is 169 Å². The first kappa shape index (κ1) is 26.0. The molecule has 162 valence electrons. The van der Waals surface area contributed by atoms with Gasteiger partial charge in [0.2, 0.25) is 5.91 Å². The van der Waals surface area contributed by atoms with Gasteiger partial charge in [-0.3, -0.25) is 4.79 Å². The predicted octanol–water partition coefficient (Wildman–Crippen LogP) is 3.53. The molecular formula is C21H38N2O5. The van der Waals surface area contributed by atoms with Gasteiger partial charge in [-0.15, -0.1) is 0 Å². The van der Waals surface area contributed by atoms with E-state index in [1.807, 2.05) is 34.6 Å². The largest absolute Gasteiger partial charge is 0.466 e. The summed E-state index contributed by atoms with van der Waals surface area (Å²) in [6.07, 6.45) is 1.08. The van der Waals surface area contributed by atoms with Crippen molar-refractivity contribution in [2.75, 3.05) is 14.2 Å². The van der Waals surface area contributed by atoms with Gasteiger partial charge in [-0.05, 0) is 39.0 Å². The molecule has 0 fully saturated rings. The van der Waals surface area contributed by atoms with Gasteiger partial charge in [0.05, 0.1) is 13.2 Å². The topological polar surface area (TPSA) is 84.9 Å². The maximum Gasteiger partial charge on any atom is 0.408 e. The van der Waals surface area contributed by atoms with E-state index in [1.54, 1.807) is 45.7 Å². The lowest BCUT2D eigenvalue weighted by atomic mass is 9.85. The summed E-state index contributed by atoms with van der Waals surface area (Å²) in [5, 5.41) is 2.71. The summed E-state index contributed by atoms with van der Waals surface area (Å²) < 4.78 is 10.1. The van der Waals surface area contributed by atoms with Crippen LogP contribution in [0.1, 0.15) is 62.3 Å². The number of nitrogens with one attached hydrogen (secondary N) is 1. The van der Waals surface area contributed by atoms with Crippen molar-refractivity contribution >= 4 is 18.0 Å². The molecular weight excluding hydrogens is 360 g/mol. The average molecular weight is 399 g/mol. The first-order valence-electron chi connectivity index (χ1n) is 9.54. The number of hydrogen-bond acceptors (Lipinski definition) is 5. The molecule has 7 heteroatoms. The molecule has 0 aliphatic rings. The fourth-order valence-electron chi connectivity index (χ4n) is 2.66. The lowest BCUT2D eigenvalue weighted by Gasteiger charge is -2.37. The summed E-state index contributed by atoms with van der Waals surface area (Å²) in [5.41, 5.74) is -0.777. The Hall–Kier alpha value is -2.05. The van der Waals surface area contributed by atoms with Crippen LogP contribution >= 0.6 is 0 Å². The first-order valence-corrected chi connectivity index (χ1v) is 9.54. The number of carbonyl (C=O) groups excluding carboxylic acids is 3. The molecule has 0 saturated heterocycles. The summed E-state index contributed by atoms with van der Waals surface area (Å²) in [5.74, 6) is -0.646. The third kappa shape index (κ3) is 8.31. The smallest absolute Gasteiger partial charge is 0.408 e. The van der Waals surface area contributed by atoms with Gasteiger partial charge >= 0.3 is 12.1 Å². The highest BCUT2D eigenvalue weighted by molar-refractivity contribution is 5.89. The Bertz CT molecular complexity index is 597. The second kappa shape index (κ2) is 9.94. The van der Waals surface area contributed by atoms with E-state index < -0.39 is 29.1 Å². The van der Waals surface area contributed by atoms with Crippen molar-refractivity contribution in [3.8, 4) is 0 Å². The number of carbonyl (C=O) groups is 3. The second-order valence-electron chi connectivity index (χ2n) is 9.47. The molecule has 1 N–H and O–H groups in total. The molecule has 0 saturated carbocycles. The number of alkyl carbamates (subject to hydrolysis) is 1. The van der Waals surface area contributed by atoms with E-state index in [0.717, 1.165) is 0 Å². The number of rotatable bonds is 6. The van der Waals surface area contributed by atoms with Gasteiger partial charge < -0.3 is 19.7 Å². The van der Waals surface area contributed by atoms with Crippen LogP contribution in [-0.4, -0.2) is 54.7 Å². The van der Waals surface area contributed by atoms with Gasteiger partial charge in [-0.25, -0.2) is 9.59 Å². The minimum absolute atomic E-state index is 0.0516. The number of methoxy groups -OCH3 is 1. The second-order valence-corrected chi connectivity index (χ2v) is 9.47. The monoisotopic (exact) mass is 398 g/mol. The van der Waals surface area contributed by atoms with Crippen LogP contribution < -0.4 is 5.32 Å². The van der Waals surface area contributed by atoms with Crippen LogP contribution in [0.25, 0.3) is 0 Å². The van der Waals surface area contributed by atoms with Gasteiger partial charge in [0.25, 0.3) is 0 Å². The normalized spacial score (nSPS) is 14.9. The summed E-state index contributed by atoms with van der Waals surface area (Å²) in [6, 6.07) is -1.13. The molecule has 0 aliphatic heterocycles. The van der Waals surface area contributed by atoms with Gasteiger partial charge in [-0.1, -0.05) is 40.7 Å². The molecule has 0 rings (SSSR count). The van der Waals surface area contributed by atoms with Gasteiger partial charge in [-0.2, -0.15) is 0 Å². The summed E-state index contributed by atoms with van der Waals surface area (Å²) in [6.45, 7) is 16.5. The molecule has 0 unspecified atom stereocenters. The fraction of sp³-hybridized carbons (Fsp3) is 0.762. The number of hydrogen-bond donors (Lipinski definition) is 1. The highest BCUT2D eigenvalue weighted by Crippen LogP contribution is 2.24. The summed E-state index contributed by atoms with van der Waals surface area (Å²) >= 11 is 0. The third-order valence-electron chi connectivity index (χ3n) is 4.18. The Morgan fingerprint density at radius 2 is 1.54 bits per heavy atom. The Morgan fingerprint density at radius 1 is 1.04 bits per heavy atom. The van der Waals surface area contributed by atoms with Gasteiger partial charge in [0.15, 0.2) is 0 Å². The van der Waals surface area contributed by atoms with Crippen LogP contribution in [0.3, 0.4) is 0 Å². The molecule has 0 aromatic heterocycles. The highest BCUT2D eigenvalue weighted by Gasteiger charge is 2.38. The Morgan fingerprint density at radius 3 is 1.89 bits per heavy atom. The molecule has 0 radical (unpaired) electrons. The standard InChI is InChI=1S/C21H38N2O5/c1-13(2)15(12-14(3)18(25)27-11)23(10)17(24)16(20(4,5)6)22-19(26)28-21(7,8)9/h12-13,15-16H,1-11H3,(H,22,26)/b14-12+/t15-,16-/m1/s1. The number of ether oxygens (including phenoxy) is 2. The van der Waals surface area contributed by atoms with Crippen molar-refractivity contribution in [3.63, 3.8) is 0 Å². The van der Waals surface area contributed by atoms with Crippen molar-refractivity contribution in [1.29, 1.82) is 0 Å². The maximum absolute atomic E-state index is 13.3. The Kier molecular flexibility index (Phi) is 9.21. The van der Waals surface area contributed by atoms with E-state index in [9.17, 15) is 14.4 Å². The lowest BCUT2D eigenvalue weighted by molar-refractivity contribution is -0.138. The van der Waals surface area contributed by atoms with Crippen LogP contribution in [0.2, 0.25) is 0 Å². The van der Waals surface area contributed by atoms with Crippen molar-refractivity contribution in [2.45, 2.75) is 80.0 Å². The first-order chi connectivity index (χ1) is 12.5. The SMILES string of the molecule is COC(=O)/C(C)=C/[C@H](C(C)C)N(C)C(=O)[C@@H](NC(=O)OC(C)(C)C)C(C)(C)C. The molecule has 0 aromatic rings. The quantitative estimate of drug-likeness (QED) is 0.546. The van der Waals surface area contributed by atoms with Crippen LogP contribution in [0, 0.1) is 11.3 Å². The molecule has 2 atom stereocenters. The number of esters is 1. The fourth-order valence-corrected chi connectivity index (χ4v) is 2.66. The molecule has 0 aliphatic carbocycles. The molecule has 0 aromatic carbocycles.